The molecular weight excluding hydrogens is 402 g/mol. The van der Waals surface area contributed by atoms with Gasteiger partial charge in [-0.05, 0) is 23.3 Å². The van der Waals surface area contributed by atoms with Crippen LogP contribution >= 0.6 is 0 Å². The molecule has 2 bridgehead atoms. The summed E-state index contributed by atoms with van der Waals surface area (Å²) in [4.78, 5) is 0. The highest BCUT2D eigenvalue weighted by molar-refractivity contribution is 5.63. The number of hydrogen-bond acceptors (Lipinski definition) is 8. The normalized spacial score (nSPS) is 17.4. The molecule has 2 aromatic carbocycles. The first-order valence-electron chi connectivity index (χ1n) is 11.5. The molecule has 5 N–H and O–H groups in total. The summed E-state index contributed by atoms with van der Waals surface area (Å²) in [6.07, 6.45) is 0. The van der Waals surface area contributed by atoms with Crippen molar-refractivity contribution in [1.29, 1.82) is 0 Å². The highest BCUT2D eigenvalue weighted by Gasteiger charge is 2.15. The Bertz CT molecular complexity index is 885. The van der Waals surface area contributed by atoms with Crippen molar-refractivity contribution >= 4 is 0 Å². The number of rotatable bonds is 0. The molecule has 0 radical (unpaired) electrons. The van der Waals surface area contributed by atoms with Crippen LogP contribution in [0.4, 0.5) is 0 Å². The quantitative estimate of drug-likeness (QED) is 0.361. The van der Waals surface area contributed by atoms with Crippen molar-refractivity contribution in [1.82, 2.24) is 36.8 Å². The molecule has 2 heterocycles. The van der Waals surface area contributed by atoms with Crippen LogP contribution in [0.2, 0.25) is 0 Å². The first-order chi connectivity index (χ1) is 15.9. The molecule has 0 atom stereocenters. The van der Waals surface area contributed by atoms with Crippen molar-refractivity contribution in [3.8, 4) is 22.9 Å². The lowest BCUT2D eigenvalue weighted by atomic mass is 10.1. The molecule has 0 amide bonds. The maximum absolute atomic E-state index is 6.14. The Morgan fingerprint density at radius 3 is 1.31 bits per heavy atom. The minimum absolute atomic E-state index is 0.552. The van der Waals surface area contributed by atoms with Gasteiger partial charge in [-0.15, -0.1) is 10.2 Å². The van der Waals surface area contributed by atoms with Gasteiger partial charge in [-0.25, -0.2) is 0 Å². The maximum atomic E-state index is 6.14. The van der Waals surface area contributed by atoms with Crippen LogP contribution < -0.4 is 26.6 Å². The van der Waals surface area contributed by atoms with Gasteiger partial charge < -0.3 is 31.0 Å². The molecule has 1 aromatic heterocycles. The van der Waals surface area contributed by atoms with E-state index < -0.39 is 0 Å². The van der Waals surface area contributed by atoms with Crippen LogP contribution in [0.3, 0.4) is 0 Å². The second-order valence-electron chi connectivity index (χ2n) is 7.83. The molecule has 8 nitrogen and oxygen atoms in total. The van der Waals surface area contributed by atoms with Crippen LogP contribution in [0, 0.1) is 0 Å². The first kappa shape index (κ1) is 22.6. The maximum Gasteiger partial charge on any atom is 0.248 e. The van der Waals surface area contributed by atoms with E-state index in [4.69, 9.17) is 4.42 Å². The molecule has 0 saturated heterocycles. The molecule has 0 aliphatic carbocycles. The van der Waals surface area contributed by atoms with Gasteiger partial charge in [0.05, 0.1) is 0 Å². The third-order valence-corrected chi connectivity index (χ3v) is 5.47. The Hall–Kier alpha value is -2.62. The van der Waals surface area contributed by atoms with Gasteiger partial charge >= 0.3 is 0 Å². The van der Waals surface area contributed by atoms with Crippen LogP contribution in [0.5, 0.6) is 0 Å². The minimum atomic E-state index is 0.552. The Kier molecular flexibility index (Phi) is 8.76. The van der Waals surface area contributed by atoms with Gasteiger partial charge in [-0.1, -0.05) is 36.4 Å². The topological polar surface area (TPSA) is 99.1 Å². The predicted molar refractivity (Wildman–Crippen MR) is 127 cm³/mol. The van der Waals surface area contributed by atoms with Crippen molar-refractivity contribution in [2.75, 3.05) is 52.4 Å². The van der Waals surface area contributed by atoms with Gasteiger partial charge in [0.1, 0.15) is 0 Å². The molecule has 8 heteroatoms. The third kappa shape index (κ3) is 6.44. The molecular formula is C24H33N7O. The van der Waals surface area contributed by atoms with Crippen LogP contribution in [0.15, 0.2) is 52.9 Å². The van der Waals surface area contributed by atoms with E-state index in [2.05, 4.69) is 48.9 Å². The average molecular weight is 436 g/mol. The second kappa shape index (κ2) is 12.4. The van der Waals surface area contributed by atoms with E-state index in [-0.39, 0.29) is 0 Å². The summed E-state index contributed by atoms with van der Waals surface area (Å²) in [5, 5.41) is 26.1. The smallest absolute Gasteiger partial charge is 0.248 e. The lowest BCUT2D eigenvalue weighted by Crippen LogP contribution is -2.36. The summed E-state index contributed by atoms with van der Waals surface area (Å²) >= 11 is 0. The number of fused-ring (bicyclic) bond motifs is 6. The van der Waals surface area contributed by atoms with E-state index in [1.807, 2.05) is 36.4 Å². The lowest BCUT2D eigenvalue weighted by Gasteiger charge is -2.11. The van der Waals surface area contributed by atoms with E-state index in [0.717, 1.165) is 87.7 Å². The molecule has 0 spiro atoms. The average Bonchev–Trinajstić information content (AvgIpc) is 3.31. The fraction of sp³-hybridized carbons (Fsp3) is 0.417. The van der Waals surface area contributed by atoms with E-state index in [9.17, 15) is 0 Å². The largest absolute Gasteiger partial charge is 0.416 e. The van der Waals surface area contributed by atoms with Crippen molar-refractivity contribution < 1.29 is 4.42 Å². The zero-order valence-corrected chi connectivity index (χ0v) is 18.5. The highest BCUT2D eigenvalue weighted by atomic mass is 16.4. The molecule has 4 rings (SSSR count). The summed E-state index contributed by atoms with van der Waals surface area (Å²) < 4.78 is 6.14. The first-order valence-corrected chi connectivity index (χ1v) is 11.5. The Morgan fingerprint density at radius 2 is 0.875 bits per heavy atom. The van der Waals surface area contributed by atoms with Crippen molar-refractivity contribution in [2.45, 2.75) is 13.1 Å². The fourth-order valence-corrected chi connectivity index (χ4v) is 3.74. The van der Waals surface area contributed by atoms with E-state index in [0.29, 0.717) is 11.8 Å². The highest BCUT2D eigenvalue weighted by Crippen LogP contribution is 2.28. The molecule has 1 aliphatic heterocycles. The van der Waals surface area contributed by atoms with Crippen molar-refractivity contribution in [3.05, 3.63) is 59.7 Å². The number of nitrogens with one attached hydrogen (secondary N) is 5. The minimum Gasteiger partial charge on any atom is -0.416 e. The Labute approximate surface area is 189 Å². The molecule has 0 saturated carbocycles. The summed E-state index contributed by atoms with van der Waals surface area (Å²) in [6, 6.07) is 16.4. The standard InChI is InChI=1S/C24H33N7O/c1-3-7-21-19(5-1)17-28-15-13-26-11-9-25-10-12-27-14-16-29-18-20-6-2-4-8-22(20)24-31-30-23(21)32-24/h1-8,25-29H,9-18H2. The number of hydrogen-bond donors (Lipinski definition) is 5. The molecule has 0 unspecified atom stereocenters. The van der Waals surface area contributed by atoms with Gasteiger partial charge in [0, 0.05) is 76.6 Å². The van der Waals surface area contributed by atoms with Crippen LogP contribution in [-0.4, -0.2) is 62.6 Å². The monoisotopic (exact) mass is 435 g/mol. The second-order valence-corrected chi connectivity index (χ2v) is 7.83. The summed E-state index contributed by atoms with van der Waals surface area (Å²) in [5.41, 5.74) is 4.24. The molecule has 1 aliphatic rings. The third-order valence-electron chi connectivity index (χ3n) is 5.47. The van der Waals surface area contributed by atoms with Gasteiger partial charge in [-0.2, -0.15) is 0 Å². The molecule has 32 heavy (non-hydrogen) atoms. The van der Waals surface area contributed by atoms with E-state index >= 15 is 0 Å². The zero-order valence-electron chi connectivity index (χ0n) is 18.5. The summed E-state index contributed by atoms with van der Waals surface area (Å²) in [6.45, 7) is 9.01. The summed E-state index contributed by atoms with van der Waals surface area (Å²) in [5.74, 6) is 1.10. The lowest BCUT2D eigenvalue weighted by molar-refractivity contribution is 0.555. The van der Waals surface area contributed by atoms with Gasteiger partial charge in [0.25, 0.3) is 0 Å². The van der Waals surface area contributed by atoms with Crippen LogP contribution in [0.25, 0.3) is 22.9 Å². The number of benzene rings is 2. The fourth-order valence-electron chi connectivity index (χ4n) is 3.74. The molecule has 170 valence electrons. The van der Waals surface area contributed by atoms with E-state index in [1.165, 1.54) is 0 Å². The van der Waals surface area contributed by atoms with Crippen molar-refractivity contribution in [3.63, 3.8) is 0 Å². The van der Waals surface area contributed by atoms with Crippen LogP contribution in [0.1, 0.15) is 11.1 Å². The molecule has 3 aromatic rings. The van der Waals surface area contributed by atoms with E-state index in [1.54, 1.807) is 0 Å². The Balaban J connectivity index is 1.51. The molecule has 0 fully saturated rings. The van der Waals surface area contributed by atoms with Gasteiger partial charge in [0.15, 0.2) is 0 Å². The summed E-state index contributed by atoms with van der Waals surface area (Å²) in [7, 11) is 0. The zero-order chi connectivity index (χ0) is 21.8. The van der Waals surface area contributed by atoms with Gasteiger partial charge in [-0.3, -0.25) is 0 Å². The number of nitrogens with zero attached hydrogens (tertiary/aromatic N) is 2. The predicted octanol–water partition coefficient (Wildman–Crippen LogP) is 1.37. The van der Waals surface area contributed by atoms with Crippen molar-refractivity contribution in [2.24, 2.45) is 0 Å². The Morgan fingerprint density at radius 1 is 0.500 bits per heavy atom. The van der Waals surface area contributed by atoms with Crippen LogP contribution in [-0.2, 0) is 13.1 Å². The number of aromatic nitrogens is 2. The SMILES string of the molecule is c1ccc2c(c1)CNCCNCCNCCNCCNCc1ccccc1-c1nnc-2o1. The van der Waals surface area contributed by atoms with Gasteiger partial charge in [0.2, 0.25) is 11.8 Å².